The Bertz CT molecular complexity index is 718. The second-order valence-corrected chi connectivity index (χ2v) is 8.10. The van der Waals surface area contributed by atoms with Gasteiger partial charge >= 0.3 is 0 Å². The highest BCUT2D eigenvalue weighted by atomic mass is 35.5. The molecule has 9 heteroatoms. The molecule has 1 aromatic carbocycles. The number of halogens is 1. The van der Waals surface area contributed by atoms with Crippen molar-refractivity contribution in [3.8, 4) is 0 Å². The average Bonchev–Trinajstić information content (AvgIpc) is 2.99. The van der Waals surface area contributed by atoms with E-state index in [1.165, 1.54) is 16.4 Å². The first-order chi connectivity index (χ1) is 12.5. The van der Waals surface area contributed by atoms with Crippen LogP contribution in [0.5, 0.6) is 0 Å². The van der Waals surface area contributed by atoms with Gasteiger partial charge in [0, 0.05) is 23.4 Å². The number of carbonyl (C=O) groups is 1. The number of benzene rings is 1. The van der Waals surface area contributed by atoms with Crippen molar-refractivity contribution < 1.29 is 4.79 Å². The summed E-state index contributed by atoms with van der Waals surface area (Å²) < 4.78 is 1.46. The van der Waals surface area contributed by atoms with Crippen LogP contribution in [-0.2, 0) is 4.79 Å². The van der Waals surface area contributed by atoms with Gasteiger partial charge in [-0.25, -0.2) is 4.68 Å². The third-order valence-electron chi connectivity index (χ3n) is 3.93. The van der Waals surface area contributed by atoms with Gasteiger partial charge in [-0.3, -0.25) is 4.79 Å². The standard InChI is InChI=1S/C17H24ClN5OS2/c1-4-14(12-7-9-13(18)10-8-12)26-17-21-20-16(23(17)19)25-11-15(24)22(5-2)6-3/h7-10,14H,4-6,11,19H2,1-3H3. The molecule has 0 spiro atoms. The molecule has 0 aliphatic carbocycles. The highest BCUT2D eigenvalue weighted by molar-refractivity contribution is 8.00. The summed E-state index contributed by atoms with van der Waals surface area (Å²) in [5.41, 5.74) is 1.16. The first-order valence-corrected chi connectivity index (χ1v) is 10.8. The zero-order valence-electron chi connectivity index (χ0n) is 15.2. The summed E-state index contributed by atoms with van der Waals surface area (Å²) in [5.74, 6) is 6.52. The highest BCUT2D eigenvalue weighted by Crippen LogP contribution is 2.37. The second-order valence-electron chi connectivity index (χ2n) is 5.56. The van der Waals surface area contributed by atoms with Gasteiger partial charge in [-0.15, -0.1) is 10.2 Å². The fourth-order valence-corrected chi connectivity index (χ4v) is 4.37. The molecule has 142 valence electrons. The van der Waals surface area contributed by atoms with Crippen LogP contribution in [0.3, 0.4) is 0 Å². The van der Waals surface area contributed by atoms with E-state index in [0.29, 0.717) is 34.2 Å². The molecule has 2 aromatic rings. The fourth-order valence-electron chi connectivity index (χ4n) is 2.43. The maximum atomic E-state index is 12.1. The van der Waals surface area contributed by atoms with E-state index in [0.717, 1.165) is 12.0 Å². The van der Waals surface area contributed by atoms with E-state index in [1.807, 2.05) is 38.1 Å². The molecule has 1 aromatic heterocycles. The summed E-state index contributed by atoms with van der Waals surface area (Å²) in [4.78, 5) is 13.9. The number of amides is 1. The minimum Gasteiger partial charge on any atom is -0.343 e. The van der Waals surface area contributed by atoms with Crippen molar-refractivity contribution in [3.63, 3.8) is 0 Å². The topological polar surface area (TPSA) is 77.0 Å². The summed E-state index contributed by atoms with van der Waals surface area (Å²) in [6.07, 6.45) is 0.919. The van der Waals surface area contributed by atoms with Crippen molar-refractivity contribution in [2.45, 2.75) is 42.8 Å². The number of hydrogen-bond donors (Lipinski definition) is 1. The summed E-state index contributed by atoms with van der Waals surface area (Å²) in [7, 11) is 0. The van der Waals surface area contributed by atoms with Crippen LogP contribution < -0.4 is 5.84 Å². The normalized spacial score (nSPS) is 12.2. The first kappa shape index (κ1) is 20.9. The lowest BCUT2D eigenvalue weighted by Crippen LogP contribution is -2.32. The molecule has 1 amide bonds. The molecule has 6 nitrogen and oxygen atoms in total. The van der Waals surface area contributed by atoms with E-state index < -0.39 is 0 Å². The van der Waals surface area contributed by atoms with Crippen molar-refractivity contribution in [1.82, 2.24) is 19.8 Å². The zero-order chi connectivity index (χ0) is 19.1. The lowest BCUT2D eigenvalue weighted by atomic mass is 10.1. The Labute approximate surface area is 167 Å². The molecular weight excluding hydrogens is 390 g/mol. The Balaban J connectivity index is 2.03. The van der Waals surface area contributed by atoms with Gasteiger partial charge in [0.05, 0.1) is 5.75 Å². The molecule has 0 radical (unpaired) electrons. The Morgan fingerprint density at radius 1 is 1.19 bits per heavy atom. The van der Waals surface area contributed by atoms with Gasteiger partial charge in [0.2, 0.25) is 16.2 Å². The fraction of sp³-hybridized carbons (Fsp3) is 0.471. The third kappa shape index (κ3) is 5.31. The average molecular weight is 414 g/mol. The van der Waals surface area contributed by atoms with Gasteiger partial charge in [-0.05, 0) is 38.0 Å². The molecule has 2 rings (SSSR count). The smallest absolute Gasteiger partial charge is 0.233 e. The Kier molecular flexibility index (Phi) is 8.12. The number of nitrogens with zero attached hydrogens (tertiary/aromatic N) is 4. The monoisotopic (exact) mass is 413 g/mol. The number of carbonyl (C=O) groups excluding carboxylic acids is 1. The van der Waals surface area contributed by atoms with E-state index in [9.17, 15) is 4.79 Å². The van der Waals surface area contributed by atoms with Crippen LogP contribution in [0.4, 0.5) is 0 Å². The van der Waals surface area contributed by atoms with Crippen LogP contribution in [0, 0.1) is 0 Å². The predicted molar refractivity (Wildman–Crippen MR) is 109 cm³/mol. The van der Waals surface area contributed by atoms with Gasteiger partial charge in [-0.2, -0.15) is 0 Å². The summed E-state index contributed by atoms with van der Waals surface area (Å²) in [6.45, 7) is 7.45. The molecule has 1 unspecified atom stereocenters. The van der Waals surface area contributed by atoms with Crippen molar-refractivity contribution in [1.29, 1.82) is 0 Å². The van der Waals surface area contributed by atoms with E-state index in [1.54, 1.807) is 16.7 Å². The van der Waals surface area contributed by atoms with Gasteiger partial charge in [0.25, 0.3) is 0 Å². The molecule has 26 heavy (non-hydrogen) atoms. The maximum Gasteiger partial charge on any atom is 0.233 e. The number of nitrogen functional groups attached to an aromatic ring is 1. The van der Waals surface area contributed by atoms with Gasteiger partial charge < -0.3 is 10.7 Å². The predicted octanol–water partition coefficient (Wildman–Crippen LogP) is 3.85. The molecule has 2 N–H and O–H groups in total. The second kappa shape index (κ2) is 10.1. The molecular formula is C17H24ClN5OS2. The van der Waals surface area contributed by atoms with Crippen LogP contribution in [-0.4, -0.2) is 44.5 Å². The Morgan fingerprint density at radius 3 is 2.38 bits per heavy atom. The van der Waals surface area contributed by atoms with E-state index in [4.69, 9.17) is 17.4 Å². The minimum absolute atomic E-state index is 0.0739. The Hall–Kier alpha value is -1.38. The molecule has 1 atom stereocenters. The lowest BCUT2D eigenvalue weighted by molar-refractivity contribution is -0.127. The zero-order valence-corrected chi connectivity index (χ0v) is 17.6. The van der Waals surface area contributed by atoms with Gasteiger partial charge in [-0.1, -0.05) is 54.2 Å². The number of thioether (sulfide) groups is 2. The molecule has 0 fully saturated rings. The van der Waals surface area contributed by atoms with Crippen LogP contribution in [0.1, 0.15) is 38.0 Å². The van der Waals surface area contributed by atoms with Crippen LogP contribution >= 0.6 is 35.1 Å². The maximum absolute atomic E-state index is 12.1. The van der Waals surface area contributed by atoms with Gasteiger partial charge in [0.1, 0.15) is 0 Å². The highest BCUT2D eigenvalue weighted by Gasteiger charge is 2.19. The number of aromatic nitrogens is 3. The third-order valence-corrected chi connectivity index (χ3v) is 6.49. The van der Waals surface area contributed by atoms with E-state index in [-0.39, 0.29) is 11.2 Å². The summed E-state index contributed by atoms with van der Waals surface area (Å²) in [6, 6.07) is 7.79. The largest absolute Gasteiger partial charge is 0.343 e. The van der Waals surface area contributed by atoms with Crippen molar-refractivity contribution in [2.24, 2.45) is 0 Å². The minimum atomic E-state index is 0.0739. The van der Waals surface area contributed by atoms with Gasteiger partial charge in [0.15, 0.2) is 0 Å². The molecule has 0 aliphatic heterocycles. The van der Waals surface area contributed by atoms with Crippen LogP contribution in [0.25, 0.3) is 0 Å². The number of nitrogens with two attached hydrogens (primary N) is 1. The lowest BCUT2D eigenvalue weighted by Gasteiger charge is -2.18. The quantitative estimate of drug-likeness (QED) is 0.497. The number of hydrogen-bond acceptors (Lipinski definition) is 6. The van der Waals surface area contributed by atoms with E-state index in [2.05, 4.69) is 17.1 Å². The van der Waals surface area contributed by atoms with Crippen molar-refractivity contribution in [3.05, 3.63) is 34.9 Å². The molecule has 0 aliphatic rings. The van der Waals surface area contributed by atoms with E-state index >= 15 is 0 Å². The summed E-state index contributed by atoms with van der Waals surface area (Å²) in [5, 5.41) is 10.4. The van der Waals surface area contributed by atoms with Crippen LogP contribution in [0.15, 0.2) is 34.6 Å². The Morgan fingerprint density at radius 2 is 1.81 bits per heavy atom. The molecule has 0 bridgehead atoms. The number of rotatable bonds is 9. The van der Waals surface area contributed by atoms with Crippen LogP contribution in [0.2, 0.25) is 5.02 Å². The SMILES string of the molecule is CCC(Sc1nnc(SCC(=O)N(CC)CC)n1N)c1ccc(Cl)cc1. The molecule has 1 heterocycles. The first-order valence-electron chi connectivity index (χ1n) is 8.53. The van der Waals surface area contributed by atoms with Crippen molar-refractivity contribution in [2.75, 3.05) is 24.7 Å². The molecule has 0 saturated carbocycles. The summed E-state index contributed by atoms with van der Waals surface area (Å²) >= 11 is 8.83. The van der Waals surface area contributed by atoms with Crippen molar-refractivity contribution >= 4 is 41.0 Å². The molecule has 0 saturated heterocycles.